The van der Waals surface area contributed by atoms with Crippen LogP contribution in [0.15, 0.2) is 34.9 Å². The molecule has 0 spiro atoms. The zero-order valence-corrected chi connectivity index (χ0v) is 17.5. The first kappa shape index (κ1) is 21.5. The van der Waals surface area contributed by atoms with Crippen LogP contribution in [0, 0.1) is 17.5 Å². The summed E-state index contributed by atoms with van der Waals surface area (Å²) in [6.45, 7) is 1.50. The standard InChI is InChI=1S/C21H21F3N2O4S/c1-2-12-3-4-15(14(22)11-12)25-18-17(24)16(23)13-5-10-30-20(13)19(18)26-31(28,29)21(6-7-21)8-9-27/h3-5,10-11,25-27H,2,6-9H2,1H3. The average Bonchev–Trinajstić information content (AvgIpc) is 3.37. The Balaban J connectivity index is 1.84. The molecule has 3 aromatic rings. The van der Waals surface area contributed by atoms with Crippen molar-refractivity contribution in [3.63, 3.8) is 0 Å². The molecule has 166 valence electrons. The van der Waals surface area contributed by atoms with Crippen molar-refractivity contribution >= 4 is 38.1 Å². The molecule has 0 amide bonds. The van der Waals surface area contributed by atoms with E-state index in [2.05, 4.69) is 10.0 Å². The van der Waals surface area contributed by atoms with Crippen LogP contribution in [0.1, 0.15) is 31.7 Å². The summed E-state index contributed by atoms with van der Waals surface area (Å²) < 4.78 is 76.5. The molecular weight excluding hydrogens is 433 g/mol. The number of aliphatic hydroxyl groups excluding tert-OH is 1. The molecule has 6 nitrogen and oxygen atoms in total. The van der Waals surface area contributed by atoms with Crippen molar-refractivity contribution in [3.05, 3.63) is 53.5 Å². The minimum Gasteiger partial charge on any atom is -0.462 e. The number of benzene rings is 2. The number of sulfonamides is 1. The fraction of sp³-hybridized carbons (Fsp3) is 0.333. The van der Waals surface area contributed by atoms with Crippen molar-refractivity contribution in [2.75, 3.05) is 16.6 Å². The second-order valence-electron chi connectivity index (χ2n) is 7.60. The summed E-state index contributed by atoms with van der Waals surface area (Å²) in [5.74, 6) is -3.33. The van der Waals surface area contributed by atoms with Crippen LogP contribution in [0.4, 0.5) is 30.2 Å². The molecule has 10 heteroatoms. The number of aryl methyl sites for hydroxylation is 1. The van der Waals surface area contributed by atoms with E-state index >= 15 is 0 Å². The van der Waals surface area contributed by atoms with Crippen molar-refractivity contribution in [2.45, 2.75) is 37.4 Å². The van der Waals surface area contributed by atoms with E-state index in [0.29, 0.717) is 24.8 Å². The zero-order chi connectivity index (χ0) is 22.4. The molecule has 0 atom stereocenters. The highest BCUT2D eigenvalue weighted by molar-refractivity contribution is 7.94. The van der Waals surface area contributed by atoms with Crippen LogP contribution in [-0.4, -0.2) is 24.9 Å². The largest absolute Gasteiger partial charge is 0.462 e. The van der Waals surface area contributed by atoms with Gasteiger partial charge in [0.1, 0.15) is 17.2 Å². The molecule has 0 bridgehead atoms. The zero-order valence-electron chi connectivity index (χ0n) is 16.6. The maximum Gasteiger partial charge on any atom is 0.238 e. The lowest BCUT2D eigenvalue weighted by atomic mass is 10.1. The normalized spacial score (nSPS) is 15.3. The van der Waals surface area contributed by atoms with Gasteiger partial charge in [-0.05, 0) is 49.4 Å². The molecule has 4 rings (SSSR count). The Labute approximate surface area is 177 Å². The summed E-state index contributed by atoms with van der Waals surface area (Å²) in [5.41, 5.74) is -0.626. The van der Waals surface area contributed by atoms with Crippen LogP contribution in [0.3, 0.4) is 0 Å². The number of fused-ring (bicyclic) bond motifs is 1. The summed E-state index contributed by atoms with van der Waals surface area (Å²) in [4.78, 5) is 0. The van der Waals surface area contributed by atoms with Crippen LogP contribution in [0.25, 0.3) is 11.0 Å². The van der Waals surface area contributed by atoms with Gasteiger partial charge < -0.3 is 14.8 Å². The van der Waals surface area contributed by atoms with E-state index in [1.807, 2.05) is 6.92 Å². The van der Waals surface area contributed by atoms with Gasteiger partial charge in [-0.2, -0.15) is 0 Å². The van der Waals surface area contributed by atoms with Crippen LogP contribution < -0.4 is 10.0 Å². The molecule has 0 unspecified atom stereocenters. The molecule has 31 heavy (non-hydrogen) atoms. The van der Waals surface area contributed by atoms with E-state index in [0.717, 1.165) is 6.26 Å². The van der Waals surface area contributed by atoms with Gasteiger partial charge in [-0.1, -0.05) is 13.0 Å². The quantitative estimate of drug-likeness (QED) is 0.454. The molecule has 2 aromatic carbocycles. The predicted molar refractivity (Wildman–Crippen MR) is 111 cm³/mol. The first-order chi connectivity index (χ1) is 14.7. The van der Waals surface area contributed by atoms with Crippen LogP contribution in [-0.2, 0) is 16.4 Å². The molecule has 1 aliphatic carbocycles. The number of halogens is 3. The molecule has 1 saturated carbocycles. The van der Waals surface area contributed by atoms with Gasteiger partial charge >= 0.3 is 0 Å². The van der Waals surface area contributed by atoms with E-state index in [4.69, 9.17) is 4.42 Å². The first-order valence-corrected chi connectivity index (χ1v) is 11.3. The Kier molecular flexibility index (Phi) is 5.38. The molecule has 1 heterocycles. The van der Waals surface area contributed by atoms with E-state index in [-0.39, 0.29) is 35.4 Å². The van der Waals surface area contributed by atoms with Gasteiger partial charge in [0.25, 0.3) is 0 Å². The highest BCUT2D eigenvalue weighted by Crippen LogP contribution is 2.48. The van der Waals surface area contributed by atoms with E-state index < -0.39 is 37.9 Å². The summed E-state index contributed by atoms with van der Waals surface area (Å²) in [5, 5.41) is 11.5. The highest BCUT2D eigenvalue weighted by atomic mass is 32.2. The third-order valence-corrected chi connectivity index (χ3v) is 7.90. The summed E-state index contributed by atoms with van der Waals surface area (Å²) in [7, 11) is -4.09. The van der Waals surface area contributed by atoms with Crippen LogP contribution >= 0.6 is 0 Å². The second kappa shape index (κ2) is 7.76. The van der Waals surface area contributed by atoms with Gasteiger partial charge in [0.15, 0.2) is 17.2 Å². The van der Waals surface area contributed by atoms with E-state index in [9.17, 15) is 26.7 Å². The molecule has 0 saturated heterocycles. The van der Waals surface area contributed by atoms with Crippen LogP contribution in [0.2, 0.25) is 0 Å². The SMILES string of the molecule is CCc1ccc(Nc2c(F)c(F)c3ccoc3c2NS(=O)(=O)C2(CCO)CC2)c(F)c1. The van der Waals surface area contributed by atoms with Crippen molar-refractivity contribution in [1.29, 1.82) is 0 Å². The van der Waals surface area contributed by atoms with Gasteiger partial charge in [-0.15, -0.1) is 0 Å². The summed E-state index contributed by atoms with van der Waals surface area (Å²) in [6.07, 6.45) is 2.33. The van der Waals surface area contributed by atoms with Gasteiger partial charge in [0.2, 0.25) is 10.0 Å². The lowest BCUT2D eigenvalue weighted by Gasteiger charge is -2.20. The minimum absolute atomic E-state index is 0.00315. The van der Waals surface area contributed by atoms with Crippen LogP contribution in [0.5, 0.6) is 0 Å². The maximum atomic E-state index is 15.0. The van der Waals surface area contributed by atoms with E-state index in [1.54, 1.807) is 6.07 Å². The van der Waals surface area contributed by atoms with Crippen molar-refractivity contribution in [3.8, 4) is 0 Å². The van der Waals surface area contributed by atoms with Gasteiger partial charge in [0, 0.05) is 6.61 Å². The smallest absolute Gasteiger partial charge is 0.238 e. The number of furan rings is 1. The van der Waals surface area contributed by atoms with Crippen molar-refractivity contribution < 1.29 is 31.1 Å². The number of anilines is 3. The van der Waals surface area contributed by atoms with Gasteiger partial charge in [-0.3, -0.25) is 4.72 Å². The maximum absolute atomic E-state index is 15.0. The van der Waals surface area contributed by atoms with Crippen molar-refractivity contribution in [1.82, 2.24) is 0 Å². The third kappa shape index (κ3) is 3.63. The lowest BCUT2D eigenvalue weighted by Crippen LogP contribution is -2.31. The number of hydrogen-bond acceptors (Lipinski definition) is 5. The Hall–Kier alpha value is -2.72. The monoisotopic (exact) mass is 454 g/mol. The Morgan fingerprint density at radius 1 is 1.13 bits per heavy atom. The summed E-state index contributed by atoms with van der Waals surface area (Å²) in [6, 6.07) is 5.42. The topological polar surface area (TPSA) is 91.6 Å². The molecule has 0 aliphatic heterocycles. The number of hydrogen-bond donors (Lipinski definition) is 3. The second-order valence-corrected chi connectivity index (χ2v) is 9.67. The number of nitrogens with one attached hydrogen (secondary N) is 2. The van der Waals surface area contributed by atoms with Gasteiger partial charge in [-0.25, -0.2) is 21.6 Å². The van der Waals surface area contributed by atoms with Gasteiger partial charge in [0.05, 0.1) is 22.1 Å². The van der Waals surface area contributed by atoms with E-state index in [1.165, 1.54) is 18.2 Å². The minimum atomic E-state index is -4.09. The molecule has 1 aromatic heterocycles. The van der Waals surface area contributed by atoms with Crippen molar-refractivity contribution in [2.24, 2.45) is 0 Å². The fourth-order valence-electron chi connectivity index (χ4n) is 3.60. The first-order valence-electron chi connectivity index (χ1n) is 9.80. The molecule has 3 N–H and O–H groups in total. The Morgan fingerprint density at radius 2 is 1.87 bits per heavy atom. The average molecular weight is 454 g/mol. The number of rotatable bonds is 8. The fourth-order valence-corrected chi connectivity index (χ4v) is 5.27. The summed E-state index contributed by atoms with van der Waals surface area (Å²) >= 11 is 0. The number of aliphatic hydroxyl groups is 1. The lowest BCUT2D eigenvalue weighted by molar-refractivity contribution is 0.283. The highest BCUT2D eigenvalue weighted by Gasteiger charge is 2.54. The predicted octanol–water partition coefficient (Wildman–Crippen LogP) is 4.81. The molecule has 1 fully saturated rings. The Morgan fingerprint density at radius 3 is 2.48 bits per heavy atom. The molecule has 0 radical (unpaired) electrons. The molecular formula is C21H21F3N2O4S. The third-order valence-electron chi connectivity index (χ3n) is 5.67. The molecule has 1 aliphatic rings. The Bertz CT molecular complexity index is 1250.